The number of aryl methyl sites for hydroxylation is 1. The summed E-state index contributed by atoms with van der Waals surface area (Å²) in [5, 5.41) is 2.22. The summed E-state index contributed by atoms with van der Waals surface area (Å²) in [7, 11) is 0. The van der Waals surface area contributed by atoms with Crippen molar-refractivity contribution in [2.75, 3.05) is 0 Å². The molecule has 4 aromatic carbocycles. The van der Waals surface area contributed by atoms with Gasteiger partial charge < -0.3 is 14.4 Å². The van der Waals surface area contributed by atoms with Gasteiger partial charge in [-0.1, -0.05) is 106 Å². The van der Waals surface area contributed by atoms with Crippen LogP contribution >= 0.6 is 0 Å². The van der Waals surface area contributed by atoms with E-state index in [1.807, 2.05) is 48.7 Å². The molecule has 1 radical (unpaired) electrons. The molecular formula is C43H40IrN2O-2. The molecule has 0 aliphatic heterocycles. The minimum atomic E-state index is -2.42. The standard InChI is InChI=1S/C26H20NO.C17H20N.Ir/c1-26(2,19-8-4-3-5-9-19)20-14-15-27-23(17-20)18-12-13-25-22(16-18)21-10-6-7-11-24(21)28-25;1-13-12-18-16(14-8-6-5-7-9-14)10-15(13)11-17(2,3)4;/h3-11,13-17H,1-2H3;5-8,10,12H,11H2,1-4H3;/q2*-1;/i;1D3,11D2;. The molecule has 7 aromatic rings. The van der Waals surface area contributed by atoms with Crippen LogP contribution in [0.1, 0.15) is 63.7 Å². The SMILES string of the molecule is CC(C)(c1ccccc1)c1ccnc(-c2[c-]cc3oc4ccccc4c3c2)c1.[2H]C([2H])([2H])c1cnc(-c2[c-]cccc2)cc1C([2H])([2H])C(C)(C)C.[Ir]. The minimum Gasteiger partial charge on any atom is -0.500 e. The van der Waals surface area contributed by atoms with Crippen LogP contribution in [0, 0.1) is 24.4 Å². The Bertz CT molecular complexity index is 2290. The van der Waals surface area contributed by atoms with Crippen molar-refractivity contribution in [3.05, 3.63) is 156 Å². The van der Waals surface area contributed by atoms with E-state index in [9.17, 15) is 0 Å². The predicted molar refractivity (Wildman–Crippen MR) is 191 cm³/mol. The number of pyridine rings is 2. The molecule has 3 nitrogen and oxygen atoms in total. The topological polar surface area (TPSA) is 38.9 Å². The average Bonchev–Trinajstić information content (AvgIpc) is 3.50. The van der Waals surface area contributed by atoms with Gasteiger partial charge in [-0.05, 0) is 58.9 Å². The summed E-state index contributed by atoms with van der Waals surface area (Å²) in [4.78, 5) is 8.84. The Morgan fingerprint density at radius 1 is 0.723 bits per heavy atom. The molecule has 0 spiro atoms. The second-order valence-electron chi connectivity index (χ2n) is 12.9. The van der Waals surface area contributed by atoms with Crippen LogP contribution in [0.4, 0.5) is 0 Å². The van der Waals surface area contributed by atoms with Crippen LogP contribution in [0.3, 0.4) is 0 Å². The molecule has 4 heteroatoms. The predicted octanol–water partition coefficient (Wildman–Crippen LogP) is 11.2. The summed E-state index contributed by atoms with van der Waals surface area (Å²) in [6.07, 6.45) is 1.34. The molecule has 0 aliphatic rings. The smallest absolute Gasteiger partial charge is 0.120 e. The molecule has 0 saturated carbocycles. The molecule has 0 fully saturated rings. The van der Waals surface area contributed by atoms with E-state index in [2.05, 4.69) is 90.5 Å². The van der Waals surface area contributed by atoms with Crippen LogP contribution in [0.25, 0.3) is 44.5 Å². The fourth-order valence-electron chi connectivity index (χ4n) is 5.47. The van der Waals surface area contributed by atoms with Crippen molar-refractivity contribution in [1.29, 1.82) is 0 Å². The molecule has 0 aliphatic carbocycles. The summed E-state index contributed by atoms with van der Waals surface area (Å²) in [5.41, 5.74) is 6.64. The first-order valence-corrected chi connectivity index (χ1v) is 15.4. The van der Waals surface area contributed by atoms with Gasteiger partial charge >= 0.3 is 0 Å². The second-order valence-corrected chi connectivity index (χ2v) is 12.9. The zero-order valence-electron chi connectivity index (χ0n) is 32.2. The molecule has 0 unspecified atom stereocenters. The molecule has 0 saturated heterocycles. The fraction of sp³-hybridized carbons (Fsp3) is 0.209. The van der Waals surface area contributed by atoms with Crippen molar-refractivity contribution in [1.82, 2.24) is 9.97 Å². The molecular weight excluding hydrogens is 753 g/mol. The van der Waals surface area contributed by atoms with Crippen LogP contribution in [-0.4, -0.2) is 9.97 Å². The molecule has 3 aromatic heterocycles. The van der Waals surface area contributed by atoms with Crippen molar-refractivity contribution in [2.24, 2.45) is 5.41 Å². The van der Waals surface area contributed by atoms with Gasteiger partial charge in [0.25, 0.3) is 0 Å². The van der Waals surface area contributed by atoms with Gasteiger partial charge in [-0.25, -0.2) is 0 Å². The van der Waals surface area contributed by atoms with E-state index in [1.54, 1.807) is 32.9 Å². The number of fused-ring (bicyclic) bond motifs is 3. The van der Waals surface area contributed by atoms with Gasteiger partial charge in [-0.15, -0.1) is 59.7 Å². The van der Waals surface area contributed by atoms with Gasteiger partial charge in [0.1, 0.15) is 5.58 Å². The summed E-state index contributed by atoms with van der Waals surface area (Å²) < 4.78 is 46.0. The van der Waals surface area contributed by atoms with Crippen molar-refractivity contribution in [3.8, 4) is 22.5 Å². The molecule has 0 N–H and O–H groups in total. The zero-order chi connectivity index (χ0) is 36.6. The molecule has 47 heavy (non-hydrogen) atoms. The van der Waals surface area contributed by atoms with Crippen molar-refractivity contribution in [3.63, 3.8) is 0 Å². The third-order valence-electron chi connectivity index (χ3n) is 7.96. The Morgan fingerprint density at radius 3 is 2.21 bits per heavy atom. The monoisotopic (exact) mass is 798 g/mol. The largest absolute Gasteiger partial charge is 0.500 e. The average molecular weight is 798 g/mol. The molecule has 7 rings (SSSR count). The molecule has 0 atom stereocenters. The first-order chi connectivity index (χ1) is 24.1. The number of benzene rings is 4. The number of para-hydroxylation sites is 1. The van der Waals surface area contributed by atoms with Crippen LogP contribution in [0.5, 0.6) is 0 Å². The third kappa shape index (κ3) is 7.79. The van der Waals surface area contributed by atoms with E-state index in [1.165, 1.54) is 17.3 Å². The van der Waals surface area contributed by atoms with E-state index >= 15 is 0 Å². The van der Waals surface area contributed by atoms with Gasteiger partial charge in [-0.2, -0.15) is 0 Å². The zero-order valence-corrected chi connectivity index (χ0v) is 29.6. The first kappa shape index (κ1) is 27.7. The Labute approximate surface area is 299 Å². The maximum Gasteiger partial charge on any atom is 0.120 e. The van der Waals surface area contributed by atoms with Gasteiger partial charge in [-0.3, -0.25) is 0 Å². The van der Waals surface area contributed by atoms with Crippen LogP contribution < -0.4 is 0 Å². The Balaban J connectivity index is 0.000000202. The Kier molecular flexibility index (Phi) is 8.36. The van der Waals surface area contributed by atoms with E-state index < -0.39 is 18.6 Å². The quantitative estimate of drug-likeness (QED) is 0.163. The summed E-state index contributed by atoms with van der Waals surface area (Å²) >= 11 is 0. The van der Waals surface area contributed by atoms with Gasteiger partial charge in [0.2, 0.25) is 0 Å². The third-order valence-corrected chi connectivity index (χ3v) is 7.96. The maximum atomic E-state index is 8.48. The van der Waals surface area contributed by atoms with Crippen LogP contribution in [0.15, 0.2) is 126 Å². The second kappa shape index (κ2) is 14.2. The number of aromatic nitrogens is 2. The number of hydrogen-bond donors (Lipinski definition) is 0. The van der Waals surface area contributed by atoms with Gasteiger partial charge in [0, 0.05) is 50.2 Å². The van der Waals surface area contributed by atoms with E-state index in [0.29, 0.717) is 11.3 Å². The van der Waals surface area contributed by atoms with Crippen molar-refractivity contribution >= 4 is 21.9 Å². The van der Waals surface area contributed by atoms with Gasteiger partial charge in [0.15, 0.2) is 0 Å². The fourth-order valence-corrected chi connectivity index (χ4v) is 5.47. The molecule has 0 amide bonds. The van der Waals surface area contributed by atoms with Crippen molar-refractivity contribution < 1.29 is 31.4 Å². The van der Waals surface area contributed by atoms with E-state index in [0.717, 1.165) is 33.2 Å². The molecule has 239 valence electrons. The first-order valence-electron chi connectivity index (χ1n) is 17.9. The minimum absolute atomic E-state index is 0. The Morgan fingerprint density at radius 2 is 1.47 bits per heavy atom. The summed E-state index contributed by atoms with van der Waals surface area (Å²) in [6, 6.07) is 42.2. The maximum absolute atomic E-state index is 8.48. The van der Waals surface area contributed by atoms with E-state index in [-0.39, 0.29) is 36.6 Å². The number of hydrogen-bond acceptors (Lipinski definition) is 3. The number of nitrogens with zero attached hydrogens (tertiary/aromatic N) is 2. The van der Waals surface area contributed by atoms with Gasteiger partial charge in [0.05, 0.1) is 5.58 Å². The summed E-state index contributed by atoms with van der Waals surface area (Å²) in [5.74, 6) is 0. The number of furan rings is 1. The molecule has 3 heterocycles. The number of rotatable bonds is 5. The van der Waals surface area contributed by atoms with Crippen LogP contribution in [-0.2, 0) is 31.9 Å². The summed E-state index contributed by atoms with van der Waals surface area (Å²) in [6.45, 7) is 7.34. The van der Waals surface area contributed by atoms with Crippen LogP contribution in [0.2, 0.25) is 0 Å². The van der Waals surface area contributed by atoms with Crippen molar-refractivity contribution in [2.45, 2.75) is 53.3 Å². The van der Waals surface area contributed by atoms with E-state index in [4.69, 9.17) is 11.3 Å². The molecule has 0 bridgehead atoms. The Hall–Kier alpha value is -4.37. The normalized spacial score (nSPS) is 13.7.